The molecule has 2 aliphatic heterocycles. The van der Waals surface area contributed by atoms with Crippen molar-refractivity contribution in [2.45, 2.75) is 108 Å². The molecular formula is C32H48N4O2. The highest BCUT2D eigenvalue weighted by atomic mass is 16.2. The van der Waals surface area contributed by atoms with E-state index in [1.165, 1.54) is 69.8 Å². The van der Waals surface area contributed by atoms with Gasteiger partial charge in [0.1, 0.15) is 5.54 Å². The Morgan fingerprint density at radius 1 is 0.842 bits per heavy atom. The van der Waals surface area contributed by atoms with Crippen LogP contribution in [0.15, 0.2) is 30.3 Å². The van der Waals surface area contributed by atoms with Crippen LogP contribution in [0.5, 0.6) is 0 Å². The normalized spacial score (nSPS) is 23.6. The van der Waals surface area contributed by atoms with E-state index in [4.69, 9.17) is 5.41 Å². The molecule has 4 fully saturated rings. The third kappa shape index (κ3) is 6.60. The van der Waals surface area contributed by atoms with Gasteiger partial charge in [-0.3, -0.25) is 19.9 Å². The van der Waals surface area contributed by atoms with E-state index in [0.717, 1.165) is 45.2 Å². The SMILES string of the molecule is N=C1NC(CC2CCCCC2)(CC2CCCCC2)C(=O)N1CC1CCN(C(=O)CCc2ccccc2)CC1. The van der Waals surface area contributed by atoms with Crippen molar-refractivity contribution in [3.8, 4) is 0 Å². The van der Waals surface area contributed by atoms with Gasteiger partial charge in [0.15, 0.2) is 5.96 Å². The van der Waals surface area contributed by atoms with Crippen molar-refractivity contribution in [2.75, 3.05) is 19.6 Å². The maximum absolute atomic E-state index is 14.1. The molecule has 1 aromatic carbocycles. The van der Waals surface area contributed by atoms with Crippen molar-refractivity contribution in [3.63, 3.8) is 0 Å². The molecule has 2 amide bonds. The van der Waals surface area contributed by atoms with E-state index in [1.54, 1.807) is 4.90 Å². The molecule has 4 aliphatic rings. The fraction of sp³-hybridized carbons (Fsp3) is 0.719. The molecule has 0 bridgehead atoms. The van der Waals surface area contributed by atoms with E-state index in [1.807, 2.05) is 23.1 Å². The Balaban J connectivity index is 1.17. The predicted octanol–water partition coefficient (Wildman–Crippen LogP) is 5.90. The van der Waals surface area contributed by atoms with Crippen LogP contribution in [-0.4, -0.2) is 52.7 Å². The standard InChI is InChI=1S/C32H48N4O2/c33-31-34-32(22-26-12-6-2-7-13-26,23-27-14-8-3-9-15-27)30(38)36(31)24-28-18-20-35(21-19-28)29(37)17-16-25-10-4-1-5-11-25/h1,4-5,10-11,26-28H,2-3,6-9,12-24H2,(H2,33,34). The van der Waals surface area contributed by atoms with Gasteiger partial charge in [-0.15, -0.1) is 0 Å². The van der Waals surface area contributed by atoms with E-state index in [2.05, 4.69) is 17.4 Å². The van der Waals surface area contributed by atoms with Gasteiger partial charge in [0.25, 0.3) is 5.91 Å². The average Bonchev–Trinajstić information content (AvgIpc) is 3.17. The second-order valence-corrected chi connectivity index (χ2v) is 12.7. The summed E-state index contributed by atoms with van der Waals surface area (Å²) in [4.78, 5) is 30.7. The van der Waals surface area contributed by atoms with Crippen molar-refractivity contribution < 1.29 is 9.59 Å². The number of nitrogens with zero attached hydrogens (tertiary/aromatic N) is 2. The first kappa shape index (κ1) is 27.2. The Bertz CT molecular complexity index is 923. The smallest absolute Gasteiger partial charge is 0.255 e. The van der Waals surface area contributed by atoms with Crippen LogP contribution in [0, 0.1) is 23.2 Å². The summed E-state index contributed by atoms with van der Waals surface area (Å²) in [6.07, 6.45) is 17.6. The second-order valence-electron chi connectivity index (χ2n) is 12.7. The number of guanidine groups is 1. The van der Waals surface area contributed by atoms with Crippen molar-refractivity contribution in [3.05, 3.63) is 35.9 Å². The lowest BCUT2D eigenvalue weighted by Crippen LogP contribution is -2.50. The Labute approximate surface area is 229 Å². The molecule has 208 valence electrons. The molecule has 0 radical (unpaired) electrons. The van der Waals surface area contributed by atoms with Crippen LogP contribution in [0.1, 0.15) is 102 Å². The van der Waals surface area contributed by atoms with E-state index in [-0.39, 0.29) is 11.8 Å². The molecule has 2 saturated carbocycles. The fourth-order valence-corrected chi connectivity index (χ4v) is 7.69. The van der Waals surface area contributed by atoms with Crippen molar-refractivity contribution in [1.82, 2.24) is 15.1 Å². The summed E-state index contributed by atoms with van der Waals surface area (Å²) in [6, 6.07) is 10.2. The van der Waals surface area contributed by atoms with E-state index >= 15 is 0 Å². The average molecular weight is 521 g/mol. The maximum Gasteiger partial charge on any atom is 0.255 e. The summed E-state index contributed by atoms with van der Waals surface area (Å²) in [6.45, 7) is 2.14. The predicted molar refractivity (Wildman–Crippen MR) is 152 cm³/mol. The fourth-order valence-electron chi connectivity index (χ4n) is 7.69. The molecule has 6 heteroatoms. The van der Waals surface area contributed by atoms with Crippen LogP contribution < -0.4 is 5.32 Å². The van der Waals surface area contributed by atoms with Gasteiger partial charge in [0.05, 0.1) is 0 Å². The molecule has 0 aromatic heterocycles. The number of rotatable bonds is 9. The van der Waals surface area contributed by atoms with Gasteiger partial charge in [-0.05, 0) is 55.4 Å². The Morgan fingerprint density at radius 3 is 2.00 bits per heavy atom. The number of carbonyl (C=O) groups excluding carboxylic acids is 2. The zero-order chi connectivity index (χ0) is 26.4. The number of aryl methyl sites for hydroxylation is 1. The lowest BCUT2D eigenvalue weighted by Gasteiger charge is -2.37. The topological polar surface area (TPSA) is 76.5 Å². The van der Waals surface area contributed by atoms with Crippen LogP contribution >= 0.6 is 0 Å². The molecule has 6 nitrogen and oxygen atoms in total. The summed E-state index contributed by atoms with van der Waals surface area (Å²) in [5.74, 6) is 2.27. The molecule has 1 aromatic rings. The minimum absolute atomic E-state index is 0.167. The molecule has 5 rings (SSSR count). The first-order chi connectivity index (χ1) is 18.5. The van der Waals surface area contributed by atoms with Gasteiger partial charge in [0, 0.05) is 26.1 Å². The molecule has 2 saturated heterocycles. The van der Waals surface area contributed by atoms with Gasteiger partial charge in [-0.25, -0.2) is 0 Å². The van der Waals surface area contributed by atoms with Crippen molar-refractivity contribution in [2.24, 2.45) is 17.8 Å². The maximum atomic E-state index is 14.1. The molecular weight excluding hydrogens is 472 g/mol. The van der Waals surface area contributed by atoms with Gasteiger partial charge in [-0.1, -0.05) is 94.5 Å². The molecule has 2 N–H and O–H groups in total. The third-order valence-corrected chi connectivity index (χ3v) is 9.88. The number of hydrogen-bond acceptors (Lipinski definition) is 3. The highest BCUT2D eigenvalue weighted by Crippen LogP contribution is 2.40. The molecule has 0 unspecified atom stereocenters. The summed E-state index contributed by atoms with van der Waals surface area (Å²) in [5, 5.41) is 12.3. The van der Waals surface area contributed by atoms with Crippen LogP contribution in [0.3, 0.4) is 0 Å². The number of likely N-dealkylation sites (tertiary alicyclic amines) is 1. The minimum Gasteiger partial charge on any atom is -0.343 e. The largest absolute Gasteiger partial charge is 0.343 e. The van der Waals surface area contributed by atoms with E-state index < -0.39 is 5.54 Å². The Morgan fingerprint density at radius 2 is 1.42 bits per heavy atom. The second kappa shape index (κ2) is 12.7. The summed E-state index contributed by atoms with van der Waals surface area (Å²) < 4.78 is 0. The van der Waals surface area contributed by atoms with Gasteiger partial charge in [-0.2, -0.15) is 0 Å². The zero-order valence-corrected chi connectivity index (χ0v) is 23.3. The van der Waals surface area contributed by atoms with Crippen molar-refractivity contribution >= 4 is 17.8 Å². The summed E-state index contributed by atoms with van der Waals surface area (Å²) >= 11 is 0. The van der Waals surface area contributed by atoms with Gasteiger partial charge >= 0.3 is 0 Å². The van der Waals surface area contributed by atoms with Crippen molar-refractivity contribution in [1.29, 1.82) is 5.41 Å². The number of carbonyl (C=O) groups is 2. The third-order valence-electron chi connectivity index (χ3n) is 9.88. The number of hydrogen-bond donors (Lipinski definition) is 2. The monoisotopic (exact) mass is 520 g/mol. The lowest BCUT2D eigenvalue weighted by atomic mass is 9.73. The van der Waals surface area contributed by atoms with Crippen LogP contribution in [0.2, 0.25) is 0 Å². The summed E-state index contributed by atoms with van der Waals surface area (Å²) in [5.41, 5.74) is 0.633. The number of piperidine rings is 1. The van der Waals surface area contributed by atoms with Gasteiger partial charge < -0.3 is 10.2 Å². The first-order valence-corrected chi connectivity index (χ1v) is 15.5. The Kier molecular flexibility index (Phi) is 9.06. The number of benzene rings is 1. The van der Waals surface area contributed by atoms with E-state index in [9.17, 15) is 9.59 Å². The van der Waals surface area contributed by atoms with E-state index in [0.29, 0.717) is 36.7 Å². The van der Waals surface area contributed by atoms with Crippen LogP contribution in [0.4, 0.5) is 0 Å². The summed E-state index contributed by atoms with van der Waals surface area (Å²) in [7, 11) is 0. The number of amides is 2. The van der Waals surface area contributed by atoms with Crippen LogP contribution in [0.25, 0.3) is 0 Å². The minimum atomic E-state index is -0.574. The quantitative estimate of drug-likeness (QED) is 0.425. The lowest BCUT2D eigenvalue weighted by molar-refractivity contribution is -0.135. The molecule has 0 spiro atoms. The number of nitrogens with one attached hydrogen (secondary N) is 2. The van der Waals surface area contributed by atoms with Crippen LogP contribution in [-0.2, 0) is 16.0 Å². The zero-order valence-electron chi connectivity index (χ0n) is 23.3. The highest BCUT2D eigenvalue weighted by Gasteiger charge is 2.51. The molecule has 2 aliphatic carbocycles. The molecule has 38 heavy (non-hydrogen) atoms. The Hall–Kier alpha value is -2.37. The molecule has 0 atom stereocenters. The first-order valence-electron chi connectivity index (χ1n) is 15.5. The van der Waals surface area contributed by atoms with Gasteiger partial charge in [0.2, 0.25) is 5.91 Å². The highest BCUT2D eigenvalue weighted by molar-refractivity contribution is 6.08. The molecule has 2 heterocycles.